The van der Waals surface area contributed by atoms with Crippen LogP contribution in [0.1, 0.15) is 30.6 Å². The van der Waals surface area contributed by atoms with Crippen LogP contribution in [-0.2, 0) is 14.4 Å². The number of nitrogens with one attached hydrogen (secondary N) is 2. The second-order valence-corrected chi connectivity index (χ2v) is 4.85. The fourth-order valence-electron chi connectivity index (χ4n) is 1.65. The van der Waals surface area contributed by atoms with Gasteiger partial charge in [-0.2, -0.15) is 0 Å². The Bertz CT molecular complexity index is 647. The summed E-state index contributed by atoms with van der Waals surface area (Å²) in [5.74, 6) is -2.09. The number of carboxylic acid groups (broad SMARTS) is 1. The third-order valence-electron chi connectivity index (χ3n) is 2.89. The Morgan fingerprint density at radius 3 is 2.22 bits per heavy atom. The summed E-state index contributed by atoms with van der Waals surface area (Å²) in [7, 11) is 0. The van der Waals surface area contributed by atoms with Crippen molar-refractivity contribution in [2.24, 2.45) is 0 Å². The molecule has 0 radical (unpaired) electrons. The number of benzene rings is 1. The number of carbonyl (C=O) groups is 4. The van der Waals surface area contributed by atoms with Crippen molar-refractivity contribution in [3.63, 3.8) is 0 Å². The summed E-state index contributed by atoms with van der Waals surface area (Å²) in [4.78, 5) is 44.9. The number of carboxylic acids is 1. The number of rotatable bonds is 7. The molecule has 7 heteroatoms. The number of hydrogen-bond donors (Lipinski definition) is 3. The van der Waals surface area contributed by atoms with E-state index < -0.39 is 17.8 Å². The van der Waals surface area contributed by atoms with E-state index in [4.69, 9.17) is 5.11 Å². The lowest BCUT2D eigenvalue weighted by atomic mass is 10.1. The number of carbonyl (C=O) groups excluding carboxylic acids is 3. The van der Waals surface area contributed by atoms with Gasteiger partial charge in [0.25, 0.3) is 0 Å². The molecule has 1 rings (SSSR count). The first-order chi connectivity index (χ1) is 10.8. The van der Waals surface area contributed by atoms with Gasteiger partial charge >= 0.3 is 5.97 Å². The van der Waals surface area contributed by atoms with Crippen LogP contribution in [-0.4, -0.2) is 35.2 Å². The zero-order valence-corrected chi connectivity index (χ0v) is 12.9. The van der Waals surface area contributed by atoms with E-state index in [1.807, 2.05) is 0 Å². The molecule has 0 aliphatic carbocycles. The highest BCUT2D eigenvalue weighted by atomic mass is 16.4. The van der Waals surface area contributed by atoms with E-state index in [0.717, 1.165) is 6.08 Å². The quantitative estimate of drug-likeness (QED) is 0.519. The molecule has 122 valence electrons. The van der Waals surface area contributed by atoms with E-state index >= 15 is 0 Å². The van der Waals surface area contributed by atoms with Gasteiger partial charge in [-0.25, -0.2) is 0 Å². The molecular weight excluding hydrogens is 300 g/mol. The molecule has 0 aromatic heterocycles. The molecule has 1 aromatic rings. The Kier molecular flexibility index (Phi) is 6.67. The first-order valence-electron chi connectivity index (χ1n) is 6.90. The summed E-state index contributed by atoms with van der Waals surface area (Å²) in [6, 6.07) is 6.36. The van der Waals surface area contributed by atoms with Gasteiger partial charge in [0.05, 0.1) is 6.42 Å². The minimum atomic E-state index is -1.02. The summed E-state index contributed by atoms with van der Waals surface area (Å²) in [6.45, 7) is 2.89. The SMILES string of the molecule is CC(=O)c1ccc(NC(=O)/C=C(\C)C(=O)NCCC(=O)O)cc1. The molecule has 1 aromatic carbocycles. The van der Waals surface area contributed by atoms with Crippen molar-refractivity contribution in [2.75, 3.05) is 11.9 Å². The van der Waals surface area contributed by atoms with Gasteiger partial charge in [0, 0.05) is 29.4 Å². The zero-order chi connectivity index (χ0) is 17.4. The van der Waals surface area contributed by atoms with E-state index in [1.54, 1.807) is 24.3 Å². The van der Waals surface area contributed by atoms with Gasteiger partial charge in [-0.05, 0) is 38.1 Å². The average molecular weight is 318 g/mol. The maximum Gasteiger partial charge on any atom is 0.305 e. The van der Waals surface area contributed by atoms with Crippen molar-refractivity contribution in [3.05, 3.63) is 41.5 Å². The Morgan fingerprint density at radius 1 is 1.09 bits per heavy atom. The lowest BCUT2D eigenvalue weighted by molar-refractivity contribution is -0.136. The molecule has 0 heterocycles. The minimum absolute atomic E-state index is 0.00647. The Hall–Kier alpha value is -2.96. The van der Waals surface area contributed by atoms with Crippen molar-refractivity contribution in [1.29, 1.82) is 0 Å². The summed E-state index contributed by atoms with van der Waals surface area (Å²) in [5, 5.41) is 13.4. The summed E-state index contributed by atoms with van der Waals surface area (Å²) >= 11 is 0. The molecule has 2 amide bonds. The van der Waals surface area contributed by atoms with Crippen LogP contribution in [0.3, 0.4) is 0 Å². The van der Waals surface area contributed by atoms with Gasteiger partial charge in [-0.15, -0.1) is 0 Å². The number of aliphatic carboxylic acids is 1. The van der Waals surface area contributed by atoms with Crippen LogP contribution < -0.4 is 10.6 Å². The van der Waals surface area contributed by atoms with E-state index in [0.29, 0.717) is 11.3 Å². The molecule has 0 spiro atoms. The smallest absolute Gasteiger partial charge is 0.305 e. The third kappa shape index (κ3) is 6.56. The number of Topliss-reactive ketones (excluding diaryl/α,β-unsaturated/α-hetero) is 1. The summed E-state index contributed by atoms with van der Waals surface area (Å²) in [5.41, 5.74) is 1.19. The monoisotopic (exact) mass is 318 g/mol. The molecule has 0 bridgehead atoms. The van der Waals surface area contributed by atoms with E-state index in [1.165, 1.54) is 13.8 Å². The van der Waals surface area contributed by atoms with Crippen LogP contribution >= 0.6 is 0 Å². The van der Waals surface area contributed by atoms with E-state index in [9.17, 15) is 19.2 Å². The van der Waals surface area contributed by atoms with Crippen LogP contribution in [0.15, 0.2) is 35.9 Å². The third-order valence-corrected chi connectivity index (χ3v) is 2.89. The van der Waals surface area contributed by atoms with Crippen LogP contribution in [0.4, 0.5) is 5.69 Å². The average Bonchev–Trinajstić information content (AvgIpc) is 2.47. The van der Waals surface area contributed by atoms with Crippen molar-refractivity contribution >= 4 is 29.3 Å². The molecule has 0 saturated carbocycles. The van der Waals surface area contributed by atoms with Crippen LogP contribution in [0.25, 0.3) is 0 Å². The lowest BCUT2D eigenvalue weighted by Gasteiger charge is -2.05. The molecule has 3 N–H and O–H groups in total. The van der Waals surface area contributed by atoms with Gasteiger partial charge in [-0.1, -0.05) is 0 Å². The van der Waals surface area contributed by atoms with Gasteiger partial charge in [0.1, 0.15) is 0 Å². The number of hydrogen-bond acceptors (Lipinski definition) is 4. The fourth-order valence-corrected chi connectivity index (χ4v) is 1.65. The van der Waals surface area contributed by atoms with Gasteiger partial charge in [-0.3, -0.25) is 19.2 Å². The standard InChI is InChI=1S/C16H18N2O5/c1-10(16(23)17-8-7-15(21)22)9-14(20)18-13-5-3-12(4-6-13)11(2)19/h3-6,9H,7-8H2,1-2H3,(H,17,23)(H,18,20)(H,21,22)/b10-9+. The van der Waals surface area contributed by atoms with Gasteiger partial charge in [0.15, 0.2) is 5.78 Å². The van der Waals surface area contributed by atoms with Crippen molar-refractivity contribution < 1.29 is 24.3 Å². The Labute approximate surface area is 133 Å². The molecule has 0 aliphatic rings. The first kappa shape index (κ1) is 18.1. The number of amides is 2. The maximum absolute atomic E-state index is 11.8. The minimum Gasteiger partial charge on any atom is -0.481 e. The second kappa shape index (κ2) is 8.47. The predicted octanol–water partition coefficient (Wildman–Crippen LogP) is 1.36. The normalized spacial score (nSPS) is 10.8. The van der Waals surface area contributed by atoms with Crippen LogP contribution in [0.5, 0.6) is 0 Å². The van der Waals surface area contributed by atoms with Crippen LogP contribution in [0.2, 0.25) is 0 Å². The molecule has 0 fully saturated rings. The van der Waals surface area contributed by atoms with E-state index in [2.05, 4.69) is 10.6 Å². The fraction of sp³-hybridized carbons (Fsp3) is 0.250. The largest absolute Gasteiger partial charge is 0.481 e. The predicted molar refractivity (Wildman–Crippen MR) is 84.1 cm³/mol. The Morgan fingerprint density at radius 2 is 1.70 bits per heavy atom. The lowest BCUT2D eigenvalue weighted by Crippen LogP contribution is -2.27. The summed E-state index contributed by atoms with van der Waals surface area (Å²) < 4.78 is 0. The van der Waals surface area contributed by atoms with Crippen molar-refractivity contribution in [2.45, 2.75) is 20.3 Å². The molecule has 23 heavy (non-hydrogen) atoms. The van der Waals surface area contributed by atoms with Gasteiger partial charge < -0.3 is 15.7 Å². The maximum atomic E-state index is 11.8. The second-order valence-electron chi connectivity index (χ2n) is 4.85. The number of ketones is 1. The molecule has 0 saturated heterocycles. The highest BCUT2D eigenvalue weighted by molar-refractivity contribution is 6.06. The highest BCUT2D eigenvalue weighted by Crippen LogP contribution is 2.10. The molecule has 7 nitrogen and oxygen atoms in total. The zero-order valence-electron chi connectivity index (χ0n) is 12.9. The number of anilines is 1. The van der Waals surface area contributed by atoms with Crippen molar-refractivity contribution in [3.8, 4) is 0 Å². The molecule has 0 atom stereocenters. The first-order valence-corrected chi connectivity index (χ1v) is 6.90. The molecule has 0 unspecified atom stereocenters. The Balaban J connectivity index is 2.57. The van der Waals surface area contributed by atoms with E-state index in [-0.39, 0.29) is 24.3 Å². The van der Waals surface area contributed by atoms with Crippen molar-refractivity contribution in [1.82, 2.24) is 5.32 Å². The van der Waals surface area contributed by atoms with Gasteiger partial charge in [0.2, 0.25) is 11.8 Å². The molecular formula is C16H18N2O5. The molecule has 0 aliphatic heterocycles. The topological polar surface area (TPSA) is 113 Å². The summed E-state index contributed by atoms with van der Waals surface area (Å²) in [6.07, 6.45) is 0.933. The highest BCUT2D eigenvalue weighted by Gasteiger charge is 2.08. The van der Waals surface area contributed by atoms with Crippen LogP contribution in [0, 0.1) is 0 Å².